The Balaban J connectivity index is 4.25. The summed E-state index contributed by atoms with van der Waals surface area (Å²) in [4.78, 5) is 13.9. The lowest BCUT2D eigenvalue weighted by Gasteiger charge is -2.31. The van der Waals surface area contributed by atoms with E-state index in [1.54, 1.807) is 0 Å². The molecule has 0 saturated heterocycles. The summed E-state index contributed by atoms with van der Waals surface area (Å²) in [6.45, 7) is 11.5. The minimum absolute atomic E-state index is 0.0174. The summed E-state index contributed by atoms with van der Waals surface area (Å²) < 4.78 is 5.22. The first-order valence-corrected chi connectivity index (χ1v) is 6.52. The lowest BCUT2D eigenvalue weighted by atomic mass is 9.93. The maximum atomic E-state index is 12.0. The number of nitrogens with two attached hydrogens (primary N) is 1. The predicted octanol–water partition coefficient (Wildman–Crippen LogP) is 1.64. The molecule has 17 heavy (non-hydrogen) atoms. The monoisotopic (exact) mass is 244 g/mol. The van der Waals surface area contributed by atoms with Crippen molar-refractivity contribution < 1.29 is 9.53 Å². The quantitative estimate of drug-likeness (QED) is 0.627. The lowest BCUT2D eigenvalue weighted by Crippen LogP contribution is -2.42. The summed E-state index contributed by atoms with van der Waals surface area (Å²) in [5, 5.41) is 0. The van der Waals surface area contributed by atoms with Gasteiger partial charge in [0, 0.05) is 19.7 Å². The van der Waals surface area contributed by atoms with Gasteiger partial charge in [-0.15, -0.1) is 0 Å². The summed E-state index contributed by atoms with van der Waals surface area (Å²) in [6, 6.07) is 0. The van der Waals surface area contributed by atoms with Gasteiger partial charge in [-0.2, -0.15) is 0 Å². The SMILES string of the molecule is CCCN(CC(C)(C)CN)C(=O)CCOCC. The van der Waals surface area contributed by atoms with Gasteiger partial charge in [-0.25, -0.2) is 0 Å². The van der Waals surface area contributed by atoms with E-state index >= 15 is 0 Å². The molecular weight excluding hydrogens is 216 g/mol. The molecule has 0 heterocycles. The van der Waals surface area contributed by atoms with E-state index in [1.807, 2.05) is 11.8 Å². The molecule has 0 fully saturated rings. The number of rotatable bonds is 9. The molecule has 0 aromatic rings. The van der Waals surface area contributed by atoms with E-state index in [0.717, 1.165) is 19.5 Å². The minimum atomic E-state index is -0.0174. The zero-order valence-corrected chi connectivity index (χ0v) is 11.8. The van der Waals surface area contributed by atoms with Crippen LogP contribution < -0.4 is 5.73 Å². The third kappa shape index (κ3) is 7.34. The first-order chi connectivity index (χ1) is 7.96. The lowest BCUT2D eigenvalue weighted by molar-refractivity contribution is -0.133. The van der Waals surface area contributed by atoms with Gasteiger partial charge in [-0.1, -0.05) is 20.8 Å². The van der Waals surface area contributed by atoms with Crippen molar-refractivity contribution in [2.24, 2.45) is 11.1 Å². The second-order valence-electron chi connectivity index (χ2n) is 5.13. The van der Waals surface area contributed by atoms with Gasteiger partial charge in [0.05, 0.1) is 13.0 Å². The first-order valence-electron chi connectivity index (χ1n) is 6.52. The Morgan fingerprint density at radius 1 is 1.35 bits per heavy atom. The van der Waals surface area contributed by atoms with E-state index in [0.29, 0.717) is 26.2 Å². The highest BCUT2D eigenvalue weighted by atomic mass is 16.5. The highest BCUT2D eigenvalue weighted by Gasteiger charge is 2.22. The number of amides is 1. The molecule has 0 radical (unpaired) electrons. The molecule has 102 valence electrons. The number of hydrogen-bond acceptors (Lipinski definition) is 3. The average Bonchev–Trinajstić information content (AvgIpc) is 2.28. The molecule has 4 heteroatoms. The average molecular weight is 244 g/mol. The zero-order chi connectivity index (χ0) is 13.3. The summed E-state index contributed by atoms with van der Waals surface area (Å²) in [6.07, 6.45) is 1.44. The van der Waals surface area contributed by atoms with Crippen molar-refractivity contribution in [2.75, 3.05) is 32.8 Å². The van der Waals surface area contributed by atoms with Crippen LogP contribution >= 0.6 is 0 Å². The van der Waals surface area contributed by atoms with E-state index in [-0.39, 0.29) is 11.3 Å². The van der Waals surface area contributed by atoms with E-state index in [9.17, 15) is 4.79 Å². The van der Waals surface area contributed by atoms with Crippen LogP contribution in [-0.4, -0.2) is 43.7 Å². The molecule has 0 atom stereocenters. The Morgan fingerprint density at radius 2 is 2.00 bits per heavy atom. The maximum absolute atomic E-state index is 12.0. The van der Waals surface area contributed by atoms with Gasteiger partial charge in [0.1, 0.15) is 0 Å². The van der Waals surface area contributed by atoms with Gasteiger partial charge in [-0.3, -0.25) is 4.79 Å². The highest BCUT2D eigenvalue weighted by molar-refractivity contribution is 5.76. The number of carbonyl (C=O) groups excluding carboxylic acids is 1. The molecule has 0 aromatic carbocycles. The summed E-state index contributed by atoms with van der Waals surface area (Å²) in [7, 11) is 0. The van der Waals surface area contributed by atoms with Crippen LogP contribution in [0.1, 0.15) is 40.5 Å². The first kappa shape index (κ1) is 16.4. The topological polar surface area (TPSA) is 55.6 Å². The normalized spacial score (nSPS) is 11.6. The van der Waals surface area contributed by atoms with Crippen LogP contribution in [0.5, 0.6) is 0 Å². The van der Waals surface area contributed by atoms with Crippen molar-refractivity contribution in [3.63, 3.8) is 0 Å². The molecule has 0 aliphatic rings. The van der Waals surface area contributed by atoms with Crippen LogP contribution in [0.4, 0.5) is 0 Å². The number of carbonyl (C=O) groups is 1. The molecule has 0 aliphatic heterocycles. The molecule has 0 bridgehead atoms. The van der Waals surface area contributed by atoms with Gasteiger partial charge in [0.2, 0.25) is 5.91 Å². The molecule has 0 saturated carbocycles. The predicted molar refractivity (Wildman–Crippen MR) is 70.8 cm³/mol. The summed E-state index contributed by atoms with van der Waals surface area (Å²) >= 11 is 0. The van der Waals surface area contributed by atoms with Gasteiger partial charge in [0.15, 0.2) is 0 Å². The van der Waals surface area contributed by atoms with E-state index in [4.69, 9.17) is 10.5 Å². The Bertz CT molecular complexity index is 217. The minimum Gasteiger partial charge on any atom is -0.381 e. The second kappa shape index (κ2) is 8.48. The Morgan fingerprint density at radius 3 is 2.47 bits per heavy atom. The van der Waals surface area contributed by atoms with Gasteiger partial charge < -0.3 is 15.4 Å². The fourth-order valence-corrected chi connectivity index (χ4v) is 1.61. The summed E-state index contributed by atoms with van der Waals surface area (Å²) in [5.41, 5.74) is 5.69. The largest absolute Gasteiger partial charge is 0.381 e. The smallest absolute Gasteiger partial charge is 0.224 e. The molecule has 0 unspecified atom stereocenters. The van der Waals surface area contributed by atoms with E-state index in [2.05, 4.69) is 20.8 Å². The van der Waals surface area contributed by atoms with E-state index < -0.39 is 0 Å². The molecule has 1 amide bonds. The summed E-state index contributed by atoms with van der Waals surface area (Å²) in [5.74, 6) is 0.168. The van der Waals surface area contributed by atoms with Crippen molar-refractivity contribution in [1.29, 1.82) is 0 Å². The van der Waals surface area contributed by atoms with Crippen LogP contribution in [0.2, 0.25) is 0 Å². The number of ether oxygens (including phenoxy) is 1. The highest BCUT2D eigenvalue weighted by Crippen LogP contribution is 2.15. The molecule has 4 nitrogen and oxygen atoms in total. The number of nitrogens with zero attached hydrogens (tertiary/aromatic N) is 1. The number of hydrogen-bond donors (Lipinski definition) is 1. The van der Waals surface area contributed by atoms with Crippen LogP contribution in [0.3, 0.4) is 0 Å². The fraction of sp³-hybridized carbons (Fsp3) is 0.923. The molecule has 0 spiro atoms. The van der Waals surface area contributed by atoms with Crippen LogP contribution in [0.15, 0.2) is 0 Å². The van der Waals surface area contributed by atoms with Crippen molar-refractivity contribution in [1.82, 2.24) is 4.90 Å². The Hall–Kier alpha value is -0.610. The van der Waals surface area contributed by atoms with Gasteiger partial charge in [0.25, 0.3) is 0 Å². The van der Waals surface area contributed by atoms with Crippen molar-refractivity contribution >= 4 is 5.91 Å². The standard InChI is InChI=1S/C13H28N2O2/c1-5-8-15(11-13(3,4)10-14)12(16)7-9-17-6-2/h5-11,14H2,1-4H3. The third-order valence-corrected chi connectivity index (χ3v) is 2.68. The Kier molecular flexibility index (Phi) is 8.17. The van der Waals surface area contributed by atoms with Gasteiger partial charge in [-0.05, 0) is 25.3 Å². The van der Waals surface area contributed by atoms with E-state index in [1.165, 1.54) is 0 Å². The molecule has 2 N–H and O–H groups in total. The molecular formula is C13H28N2O2. The molecule has 0 aromatic heterocycles. The molecule has 0 rings (SSSR count). The fourth-order valence-electron chi connectivity index (χ4n) is 1.61. The van der Waals surface area contributed by atoms with Gasteiger partial charge >= 0.3 is 0 Å². The van der Waals surface area contributed by atoms with Crippen molar-refractivity contribution in [3.8, 4) is 0 Å². The maximum Gasteiger partial charge on any atom is 0.224 e. The zero-order valence-electron chi connectivity index (χ0n) is 11.8. The van der Waals surface area contributed by atoms with Crippen molar-refractivity contribution in [2.45, 2.75) is 40.5 Å². The molecule has 0 aliphatic carbocycles. The van der Waals surface area contributed by atoms with Crippen LogP contribution in [-0.2, 0) is 9.53 Å². The third-order valence-electron chi connectivity index (χ3n) is 2.68. The Labute approximate surface area is 105 Å². The van der Waals surface area contributed by atoms with Crippen molar-refractivity contribution in [3.05, 3.63) is 0 Å². The van der Waals surface area contributed by atoms with Crippen LogP contribution in [0.25, 0.3) is 0 Å². The second-order valence-corrected chi connectivity index (χ2v) is 5.13. The van der Waals surface area contributed by atoms with Crippen LogP contribution in [0, 0.1) is 5.41 Å².